The van der Waals surface area contributed by atoms with Crippen molar-refractivity contribution in [3.8, 4) is 12.3 Å². The van der Waals surface area contributed by atoms with Gasteiger partial charge < -0.3 is 10.2 Å². The zero-order valence-corrected chi connectivity index (χ0v) is 9.48. The fraction of sp³-hybridized carbons (Fsp3) is 0.538. The monoisotopic (exact) mass is 218 g/mol. The van der Waals surface area contributed by atoms with Crippen molar-refractivity contribution in [2.24, 2.45) is 11.7 Å². The van der Waals surface area contributed by atoms with Crippen molar-refractivity contribution < 1.29 is 4.42 Å². The Hall–Kier alpha value is -1.24. The normalized spacial score (nSPS) is 15.3. The Morgan fingerprint density at radius 1 is 1.56 bits per heavy atom. The summed E-state index contributed by atoms with van der Waals surface area (Å²) in [6.07, 6.45) is 9.77. The van der Waals surface area contributed by atoms with Gasteiger partial charge in [0.25, 0.3) is 0 Å². The van der Waals surface area contributed by atoms with Crippen molar-refractivity contribution in [1.82, 2.24) is 4.90 Å². The summed E-state index contributed by atoms with van der Waals surface area (Å²) in [5.74, 6) is 4.50. The van der Waals surface area contributed by atoms with Crippen LogP contribution in [0.2, 0.25) is 0 Å². The van der Waals surface area contributed by atoms with Crippen LogP contribution in [0.25, 0.3) is 0 Å². The van der Waals surface area contributed by atoms with Crippen LogP contribution in [0.5, 0.6) is 0 Å². The summed E-state index contributed by atoms with van der Waals surface area (Å²) in [5.41, 5.74) is 6.58. The summed E-state index contributed by atoms with van der Waals surface area (Å²) in [7, 11) is 0. The molecule has 1 aromatic rings. The van der Waals surface area contributed by atoms with E-state index in [1.165, 1.54) is 12.8 Å². The van der Waals surface area contributed by atoms with Crippen LogP contribution in [0.15, 0.2) is 16.7 Å². The van der Waals surface area contributed by atoms with Crippen molar-refractivity contribution >= 4 is 0 Å². The highest BCUT2D eigenvalue weighted by molar-refractivity contribution is 5.12. The minimum Gasteiger partial charge on any atom is -0.468 e. The third-order valence-electron chi connectivity index (χ3n) is 2.85. The van der Waals surface area contributed by atoms with Gasteiger partial charge in [0.2, 0.25) is 0 Å². The van der Waals surface area contributed by atoms with Crippen molar-refractivity contribution in [3.05, 3.63) is 23.7 Å². The van der Waals surface area contributed by atoms with Gasteiger partial charge in [-0.1, -0.05) is 5.92 Å². The van der Waals surface area contributed by atoms with Gasteiger partial charge in [-0.05, 0) is 24.8 Å². The molecule has 3 nitrogen and oxygen atoms in total. The molecule has 1 saturated carbocycles. The van der Waals surface area contributed by atoms with Crippen LogP contribution in [0, 0.1) is 18.3 Å². The van der Waals surface area contributed by atoms with Crippen LogP contribution in [-0.2, 0) is 13.1 Å². The average molecular weight is 218 g/mol. The average Bonchev–Trinajstić information content (AvgIpc) is 2.96. The highest BCUT2D eigenvalue weighted by Gasteiger charge is 2.24. The molecule has 1 heterocycles. The SMILES string of the molecule is C#CCN(Cc1cc(CN)co1)CC1CC1. The lowest BCUT2D eigenvalue weighted by molar-refractivity contribution is 0.262. The van der Waals surface area contributed by atoms with Crippen molar-refractivity contribution in [1.29, 1.82) is 0 Å². The lowest BCUT2D eigenvalue weighted by Crippen LogP contribution is -2.25. The van der Waals surface area contributed by atoms with Crippen LogP contribution in [0.3, 0.4) is 0 Å². The van der Waals surface area contributed by atoms with E-state index < -0.39 is 0 Å². The number of nitrogens with two attached hydrogens (primary N) is 1. The number of nitrogens with zero attached hydrogens (tertiary/aromatic N) is 1. The molecular formula is C13H18N2O. The molecule has 86 valence electrons. The molecule has 2 rings (SSSR count). The van der Waals surface area contributed by atoms with Crippen molar-refractivity contribution in [2.45, 2.75) is 25.9 Å². The van der Waals surface area contributed by atoms with Gasteiger partial charge in [-0.2, -0.15) is 0 Å². The van der Waals surface area contributed by atoms with Gasteiger partial charge in [0.15, 0.2) is 0 Å². The van der Waals surface area contributed by atoms with E-state index in [0.717, 1.165) is 30.3 Å². The van der Waals surface area contributed by atoms with Gasteiger partial charge in [-0.25, -0.2) is 0 Å². The lowest BCUT2D eigenvalue weighted by Gasteiger charge is -2.17. The molecule has 0 unspecified atom stereocenters. The molecule has 1 aliphatic carbocycles. The summed E-state index contributed by atoms with van der Waals surface area (Å²) in [6, 6.07) is 2.01. The largest absolute Gasteiger partial charge is 0.468 e. The lowest BCUT2D eigenvalue weighted by atomic mass is 10.3. The minimum atomic E-state index is 0.529. The van der Waals surface area contributed by atoms with Gasteiger partial charge in [-0.15, -0.1) is 6.42 Å². The Morgan fingerprint density at radius 3 is 2.94 bits per heavy atom. The smallest absolute Gasteiger partial charge is 0.118 e. The Kier molecular flexibility index (Phi) is 3.66. The molecule has 0 atom stereocenters. The van der Waals surface area contributed by atoms with Crippen molar-refractivity contribution in [3.63, 3.8) is 0 Å². The maximum absolute atomic E-state index is 5.54. The fourth-order valence-electron chi connectivity index (χ4n) is 1.82. The molecule has 0 aromatic carbocycles. The number of hydrogen-bond acceptors (Lipinski definition) is 3. The zero-order valence-electron chi connectivity index (χ0n) is 9.48. The molecule has 0 aliphatic heterocycles. The topological polar surface area (TPSA) is 42.4 Å². The molecule has 0 bridgehead atoms. The Labute approximate surface area is 96.6 Å². The van der Waals surface area contributed by atoms with Crippen LogP contribution >= 0.6 is 0 Å². The van der Waals surface area contributed by atoms with E-state index >= 15 is 0 Å². The van der Waals surface area contributed by atoms with Gasteiger partial charge in [0, 0.05) is 18.7 Å². The predicted molar refractivity (Wildman–Crippen MR) is 63.4 cm³/mol. The first-order valence-corrected chi connectivity index (χ1v) is 5.74. The Morgan fingerprint density at radius 2 is 2.38 bits per heavy atom. The number of rotatable bonds is 6. The summed E-state index contributed by atoms with van der Waals surface area (Å²) in [4.78, 5) is 2.26. The van der Waals surface area contributed by atoms with E-state index in [1.54, 1.807) is 6.26 Å². The van der Waals surface area contributed by atoms with E-state index in [9.17, 15) is 0 Å². The summed E-state index contributed by atoms with van der Waals surface area (Å²) in [6.45, 7) is 3.10. The molecule has 2 N–H and O–H groups in total. The van der Waals surface area contributed by atoms with Gasteiger partial charge in [-0.3, -0.25) is 4.90 Å². The van der Waals surface area contributed by atoms with Crippen molar-refractivity contribution in [2.75, 3.05) is 13.1 Å². The summed E-state index contributed by atoms with van der Waals surface area (Å²) in [5, 5.41) is 0. The Bertz CT molecular complexity index is 374. The standard InChI is InChI=1S/C13H18N2O/c1-2-5-15(8-11-3-4-11)9-13-6-12(7-14)10-16-13/h1,6,10-11H,3-5,7-9,14H2. The quantitative estimate of drug-likeness (QED) is 0.737. The molecule has 3 heteroatoms. The first kappa shape index (κ1) is 11.3. The molecule has 16 heavy (non-hydrogen) atoms. The summed E-state index contributed by atoms with van der Waals surface area (Å²) >= 11 is 0. The molecule has 0 spiro atoms. The zero-order chi connectivity index (χ0) is 11.4. The highest BCUT2D eigenvalue weighted by Crippen LogP contribution is 2.30. The van der Waals surface area contributed by atoms with Crippen LogP contribution < -0.4 is 5.73 Å². The van der Waals surface area contributed by atoms with Gasteiger partial charge in [0.1, 0.15) is 5.76 Å². The summed E-state index contributed by atoms with van der Waals surface area (Å²) < 4.78 is 5.44. The number of hydrogen-bond donors (Lipinski definition) is 1. The van der Waals surface area contributed by atoms with E-state index in [2.05, 4.69) is 10.8 Å². The van der Waals surface area contributed by atoms with Crippen LogP contribution in [0.1, 0.15) is 24.2 Å². The first-order valence-electron chi connectivity index (χ1n) is 5.74. The molecular weight excluding hydrogens is 200 g/mol. The van der Waals surface area contributed by atoms with E-state index in [-0.39, 0.29) is 0 Å². The van der Waals surface area contributed by atoms with Crippen LogP contribution in [0.4, 0.5) is 0 Å². The third-order valence-corrected chi connectivity index (χ3v) is 2.85. The Balaban J connectivity index is 1.90. The van der Waals surface area contributed by atoms with Gasteiger partial charge >= 0.3 is 0 Å². The highest BCUT2D eigenvalue weighted by atomic mass is 16.3. The maximum atomic E-state index is 5.54. The second-order valence-corrected chi connectivity index (χ2v) is 4.44. The number of furan rings is 1. The molecule has 0 amide bonds. The fourth-order valence-corrected chi connectivity index (χ4v) is 1.82. The van der Waals surface area contributed by atoms with E-state index in [1.807, 2.05) is 6.07 Å². The van der Waals surface area contributed by atoms with Crippen LogP contribution in [-0.4, -0.2) is 18.0 Å². The number of terminal acetylenes is 1. The predicted octanol–water partition coefficient (Wildman–Crippen LogP) is 1.58. The molecule has 0 radical (unpaired) electrons. The molecule has 1 fully saturated rings. The first-order chi connectivity index (χ1) is 7.81. The maximum Gasteiger partial charge on any atom is 0.118 e. The van der Waals surface area contributed by atoms with Gasteiger partial charge in [0.05, 0.1) is 19.4 Å². The minimum absolute atomic E-state index is 0.529. The second kappa shape index (κ2) is 5.20. The molecule has 1 aliphatic rings. The third kappa shape index (κ3) is 3.13. The molecule has 0 saturated heterocycles. The molecule has 1 aromatic heterocycles. The second-order valence-electron chi connectivity index (χ2n) is 4.44. The van der Waals surface area contributed by atoms with E-state index in [0.29, 0.717) is 13.1 Å². The van der Waals surface area contributed by atoms with E-state index in [4.69, 9.17) is 16.6 Å².